The van der Waals surface area contributed by atoms with Crippen LogP contribution in [0.1, 0.15) is 11.3 Å². The van der Waals surface area contributed by atoms with E-state index in [1.165, 1.54) is 11.3 Å². The molecule has 1 heterocycles. The van der Waals surface area contributed by atoms with E-state index in [2.05, 4.69) is 4.98 Å². The highest BCUT2D eigenvalue weighted by molar-refractivity contribution is 7.15. The van der Waals surface area contributed by atoms with Crippen LogP contribution in [0.5, 0.6) is 0 Å². The number of carboxylic acids is 1. The molecular formula is C12H10ClNO2S. The van der Waals surface area contributed by atoms with Crippen LogP contribution in [0.3, 0.4) is 0 Å². The topological polar surface area (TPSA) is 50.2 Å². The Morgan fingerprint density at radius 1 is 1.41 bits per heavy atom. The Kier molecular flexibility index (Phi) is 3.76. The van der Waals surface area contributed by atoms with Crippen molar-refractivity contribution in [2.75, 3.05) is 0 Å². The lowest BCUT2D eigenvalue weighted by Crippen LogP contribution is -1.95. The molecule has 0 unspecified atom stereocenters. The molecule has 0 aliphatic rings. The lowest BCUT2D eigenvalue weighted by Gasteiger charge is -1.98. The predicted molar refractivity (Wildman–Crippen MR) is 68.5 cm³/mol. The quantitative estimate of drug-likeness (QED) is 0.923. The fourth-order valence-corrected chi connectivity index (χ4v) is 2.64. The van der Waals surface area contributed by atoms with Gasteiger partial charge in [-0.2, -0.15) is 0 Å². The van der Waals surface area contributed by atoms with E-state index in [9.17, 15) is 4.79 Å². The summed E-state index contributed by atoms with van der Waals surface area (Å²) in [6, 6.07) is 7.49. The molecule has 1 N–H and O–H groups in total. The second kappa shape index (κ2) is 5.29. The van der Waals surface area contributed by atoms with E-state index in [-0.39, 0.29) is 6.42 Å². The van der Waals surface area contributed by atoms with Crippen molar-refractivity contribution in [1.29, 1.82) is 0 Å². The second-order valence-corrected chi connectivity index (χ2v) is 5.03. The highest BCUT2D eigenvalue weighted by atomic mass is 35.5. The summed E-state index contributed by atoms with van der Waals surface area (Å²) >= 11 is 7.55. The zero-order valence-corrected chi connectivity index (χ0v) is 10.5. The summed E-state index contributed by atoms with van der Waals surface area (Å²) in [4.78, 5) is 15.7. The number of aryl methyl sites for hydroxylation is 1. The molecule has 3 nitrogen and oxygen atoms in total. The number of hydrogen-bond acceptors (Lipinski definition) is 3. The maximum absolute atomic E-state index is 10.5. The monoisotopic (exact) mass is 267 g/mol. The van der Waals surface area contributed by atoms with Crippen LogP contribution in [0, 0.1) is 0 Å². The molecular weight excluding hydrogens is 258 g/mol. The van der Waals surface area contributed by atoms with Gasteiger partial charge in [0.2, 0.25) is 0 Å². The van der Waals surface area contributed by atoms with Gasteiger partial charge in [-0.1, -0.05) is 29.8 Å². The first-order valence-corrected chi connectivity index (χ1v) is 6.27. The number of rotatable bonds is 4. The Bertz CT molecular complexity index is 539. The third-order valence-corrected chi connectivity index (χ3v) is 3.66. The molecule has 88 valence electrons. The zero-order valence-electron chi connectivity index (χ0n) is 8.89. The normalized spacial score (nSPS) is 10.4. The van der Waals surface area contributed by atoms with Crippen LogP contribution in [0.25, 0.3) is 10.6 Å². The first kappa shape index (κ1) is 12.1. The van der Waals surface area contributed by atoms with E-state index in [0.29, 0.717) is 11.4 Å². The van der Waals surface area contributed by atoms with Gasteiger partial charge in [0, 0.05) is 16.6 Å². The standard InChI is InChI=1S/C12H10ClNO2S/c13-10-4-2-1-3-9(10)12-14-7-8(17-12)5-6-11(15)16/h1-4,7H,5-6H2,(H,15,16). The van der Waals surface area contributed by atoms with E-state index in [4.69, 9.17) is 16.7 Å². The summed E-state index contributed by atoms with van der Waals surface area (Å²) in [6.07, 6.45) is 2.36. The molecule has 0 bridgehead atoms. The molecule has 2 aromatic rings. The van der Waals surface area contributed by atoms with Crippen molar-refractivity contribution < 1.29 is 9.90 Å². The van der Waals surface area contributed by atoms with E-state index in [1.807, 2.05) is 24.3 Å². The number of halogens is 1. The smallest absolute Gasteiger partial charge is 0.303 e. The lowest BCUT2D eigenvalue weighted by atomic mass is 10.2. The van der Waals surface area contributed by atoms with Gasteiger partial charge in [0.05, 0.1) is 11.4 Å². The van der Waals surface area contributed by atoms with Crippen molar-refractivity contribution in [2.24, 2.45) is 0 Å². The van der Waals surface area contributed by atoms with E-state index < -0.39 is 5.97 Å². The molecule has 0 saturated carbocycles. The van der Waals surface area contributed by atoms with E-state index in [1.54, 1.807) is 6.20 Å². The number of hydrogen-bond donors (Lipinski definition) is 1. The average Bonchev–Trinajstić information content (AvgIpc) is 2.75. The molecule has 1 aromatic heterocycles. The maximum Gasteiger partial charge on any atom is 0.303 e. The number of aliphatic carboxylic acids is 1. The van der Waals surface area contributed by atoms with Gasteiger partial charge in [-0.25, -0.2) is 4.98 Å². The Balaban J connectivity index is 2.18. The van der Waals surface area contributed by atoms with Crippen molar-refractivity contribution in [3.05, 3.63) is 40.4 Å². The second-order valence-electron chi connectivity index (χ2n) is 3.51. The fraction of sp³-hybridized carbons (Fsp3) is 0.167. The van der Waals surface area contributed by atoms with Gasteiger partial charge < -0.3 is 5.11 Å². The zero-order chi connectivity index (χ0) is 12.3. The van der Waals surface area contributed by atoms with Crippen LogP contribution in [0.15, 0.2) is 30.5 Å². The van der Waals surface area contributed by atoms with Gasteiger partial charge in [0.1, 0.15) is 5.01 Å². The molecule has 2 rings (SSSR count). The minimum Gasteiger partial charge on any atom is -0.481 e. The van der Waals surface area contributed by atoms with Gasteiger partial charge in [-0.15, -0.1) is 11.3 Å². The maximum atomic E-state index is 10.5. The van der Waals surface area contributed by atoms with E-state index in [0.717, 1.165) is 15.4 Å². The van der Waals surface area contributed by atoms with Crippen LogP contribution in [0.4, 0.5) is 0 Å². The first-order valence-electron chi connectivity index (χ1n) is 5.08. The Morgan fingerprint density at radius 2 is 2.18 bits per heavy atom. The molecule has 1 aromatic carbocycles. The third kappa shape index (κ3) is 3.05. The Hall–Kier alpha value is -1.39. The highest BCUT2D eigenvalue weighted by Crippen LogP contribution is 2.31. The van der Waals surface area contributed by atoms with Gasteiger partial charge in [-0.05, 0) is 12.5 Å². The third-order valence-electron chi connectivity index (χ3n) is 2.24. The largest absolute Gasteiger partial charge is 0.481 e. The van der Waals surface area contributed by atoms with Crippen LogP contribution in [-0.2, 0) is 11.2 Å². The summed E-state index contributed by atoms with van der Waals surface area (Å²) in [5.74, 6) is -0.794. The molecule has 17 heavy (non-hydrogen) atoms. The molecule has 0 amide bonds. The van der Waals surface area contributed by atoms with Crippen LogP contribution in [0.2, 0.25) is 5.02 Å². The fourth-order valence-electron chi connectivity index (χ4n) is 1.41. The van der Waals surface area contributed by atoms with Gasteiger partial charge >= 0.3 is 5.97 Å². The lowest BCUT2D eigenvalue weighted by molar-refractivity contribution is -0.136. The summed E-state index contributed by atoms with van der Waals surface area (Å²) in [5.41, 5.74) is 0.890. The van der Waals surface area contributed by atoms with Crippen molar-refractivity contribution in [1.82, 2.24) is 4.98 Å². The van der Waals surface area contributed by atoms with Crippen molar-refractivity contribution >= 4 is 28.9 Å². The van der Waals surface area contributed by atoms with E-state index >= 15 is 0 Å². The highest BCUT2D eigenvalue weighted by Gasteiger charge is 2.08. The number of benzene rings is 1. The minimum atomic E-state index is -0.794. The minimum absolute atomic E-state index is 0.129. The van der Waals surface area contributed by atoms with Gasteiger partial charge in [0.25, 0.3) is 0 Å². The summed E-state index contributed by atoms with van der Waals surface area (Å²) < 4.78 is 0. The molecule has 0 aliphatic carbocycles. The average molecular weight is 268 g/mol. The number of aromatic nitrogens is 1. The van der Waals surface area contributed by atoms with Crippen LogP contribution < -0.4 is 0 Å². The molecule has 0 saturated heterocycles. The molecule has 0 spiro atoms. The summed E-state index contributed by atoms with van der Waals surface area (Å²) in [5, 5.41) is 10.1. The predicted octanol–water partition coefficient (Wildman–Crippen LogP) is 3.48. The van der Waals surface area contributed by atoms with Gasteiger partial charge in [0.15, 0.2) is 0 Å². The number of thiazole rings is 1. The Labute approximate surface area is 108 Å². The molecule has 0 atom stereocenters. The van der Waals surface area contributed by atoms with Crippen molar-refractivity contribution in [3.63, 3.8) is 0 Å². The first-order chi connectivity index (χ1) is 8.16. The molecule has 0 fully saturated rings. The summed E-state index contributed by atoms with van der Waals surface area (Å²) in [7, 11) is 0. The van der Waals surface area contributed by atoms with Crippen molar-refractivity contribution in [3.8, 4) is 10.6 Å². The number of carboxylic acid groups (broad SMARTS) is 1. The molecule has 5 heteroatoms. The SMILES string of the molecule is O=C(O)CCc1cnc(-c2ccccc2Cl)s1. The molecule has 0 radical (unpaired) electrons. The number of carbonyl (C=O) groups is 1. The van der Waals surface area contributed by atoms with Crippen LogP contribution >= 0.6 is 22.9 Å². The van der Waals surface area contributed by atoms with Gasteiger partial charge in [-0.3, -0.25) is 4.79 Å². The molecule has 0 aliphatic heterocycles. The Morgan fingerprint density at radius 3 is 2.88 bits per heavy atom. The van der Waals surface area contributed by atoms with Crippen molar-refractivity contribution in [2.45, 2.75) is 12.8 Å². The van der Waals surface area contributed by atoms with Crippen LogP contribution in [-0.4, -0.2) is 16.1 Å². The summed E-state index contributed by atoms with van der Waals surface area (Å²) in [6.45, 7) is 0. The number of nitrogens with zero attached hydrogens (tertiary/aromatic N) is 1.